The highest BCUT2D eigenvalue weighted by molar-refractivity contribution is 5.83. The molecule has 0 fully saturated rings. The summed E-state index contributed by atoms with van der Waals surface area (Å²) in [7, 11) is 1.52. The lowest BCUT2D eigenvalue weighted by atomic mass is 10.1. The van der Waals surface area contributed by atoms with Crippen molar-refractivity contribution in [2.45, 2.75) is 32.8 Å². The first-order chi connectivity index (χ1) is 14.0. The number of carbonyl (C=O) groups is 2. The van der Waals surface area contributed by atoms with Gasteiger partial charge in [0, 0.05) is 12.8 Å². The summed E-state index contributed by atoms with van der Waals surface area (Å²) in [6.45, 7) is 2.12. The summed E-state index contributed by atoms with van der Waals surface area (Å²) in [5.41, 5.74) is 1.90. The van der Waals surface area contributed by atoms with Crippen LogP contribution in [-0.4, -0.2) is 19.0 Å². The molecule has 150 valence electrons. The van der Waals surface area contributed by atoms with Gasteiger partial charge < -0.3 is 14.2 Å². The van der Waals surface area contributed by atoms with Gasteiger partial charge in [0.05, 0.1) is 7.11 Å². The van der Waals surface area contributed by atoms with Gasteiger partial charge in [-0.3, -0.25) is 9.59 Å². The molecule has 0 aliphatic rings. The second-order valence-corrected chi connectivity index (χ2v) is 6.82. The molecule has 3 aromatic rings. The van der Waals surface area contributed by atoms with Crippen molar-refractivity contribution < 1.29 is 23.8 Å². The molecule has 0 bridgehead atoms. The molecule has 0 aromatic heterocycles. The molecule has 29 heavy (non-hydrogen) atoms. The lowest BCUT2D eigenvalue weighted by molar-refractivity contribution is -0.145. The van der Waals surface area contributed by atoms with Crippen molar-refractivity contribution in [3.63, 3.8) is 0 Å². The molecular weight excluding hydrogens is 368 g/mol. The van der Waals surface area contributed by atoms with Crippen molar-refractivity contribution in [3.8, 4) is 11.5 Å². The van der Waals surface area contributed by atoms with Gasteiger partial charge in [0.25, 0.3) is 0 Å². The van der Waals surface area contributed by atoms with Crippen molar-refractivity contribution >= 4 is 22.7 Å². The van der Waals surface area contributed by atoms with E-state index in [9.17, 15) is 9.59 Å². The van der Waals surface area contributed by atoms with E-state index in [0.29, 0.717) is 17.9 Å². The zero-order chi connectivity index (χ0) is 20.6. The first-order valence-electron chi connectivity index (χ1n) is 9.54. The van der Waals surface area contributed by atoms with E-state index in [-0.39, 0.29) is 25.4 Å². The summed E-state index contributed by atoms with van der Waals surface area (Å²) in [6, 6.07) is 19.4. The Morgan fingerprint density at radius 3 is 2.38 bits per heavy atom. The largest absolute Gasteiger partial charge is 0.493 e. The molecule has 0 spiro atoms. The van der Waals surface area contributed by atoms with Crippen LogP contribution in [0.1, 0.15) is 30.4 Å². The lowest BCUT2D eigenvalue weighted by Crippen LogP contribution is -2.11. The number of ether oxygens (including phenoxy) is 3. The van der Waals surface area contributed by atoms with Crippen LogP contribution in [0.25, 0.3) is 10.8 Å². The van der Waals surface area contributed by atoms with Gasteiger partial charge in [-0.25, -0.2) is 0 Å². The van der Waals surface area contributed by atoms with Crippen LogP contribution in [0.3, 0.4) is 0 Å². The van der Waals surface area contributed by atoms with Crippen LogP contribution in [0, 0.1) is 6.92 Å². The van der Waals surface area contributed by atoms with Crippen molar-refractivity contribution in [1.82, 2.24) is 0 Å². The van der Waals surface area contributed by atoms with E-state index in [1.807, 2.05) is 55.5 Å². The molecule has 0 N–H and O–H groups in total. The zero-order valence-corrected chi connectivity index (χ0v) is 16.6. The van der Waals surface area contributed by atoms with Crippen LogP contribution < -0.4 is 9.47 Å². The number of fused-ring (bicyclic) bond motifs is 1. The number of rotatable bonds is 8. The molecular formula is C24H24O5. The number of esters is 2. The molecule has 0 atom stereocenters. The highest BCUT2D eigenvalue weighted by Crippen LogP contribution is 2.28. The maximum Gasteiger partial charge on any atom is 0.311 e. The third-order valence-corrected chi connectivity index (χ3v) is 4.52. The first-order valence-corrected chi connectivity index (χ1v) is 9.54. The minimum absolute atomic E-state index is 0.127. The number of carbonyl (C=O) groups excluding carboxylic acids is 2. The van der Waals surface area contributed by atoms with Crippen LogP contribution in [0.2, 0.25) is 0 Å². The standard InChI is InChI=1S/C24H24O5/c1-17-10-13-21(27-2)22(14-17)29-24(26)9-5-8-23(25)28-16-18-11-12-19-6-3-4-7-20(19)15-18/h3-4,6-7,10-15H,5,8-9,16H2,1-2H3. The van der Waals surface area contributed by atoms with Crippen molar-refractivity contribution in [2.24, 2.45) is 0 Å². The van der Waals surface area contributed by atoms with E-state index in [0.717, 1.165) is 21.9 Å². The number of aryl methyl sites for hydroxylation is 1. The smallest absolute Gasteiger partial charge is 0.311 e. The Labute approximate surface area is 170 Å². The second kappa shape index (κ2) is 9.73. The molecule has 0 radical (unpaired) electrons. The predicted octanol–water partition coefficient (Wildman–Crippen LogP) is 4.98. The van der Waals surface area contributed by atoms with E-state index in [2.05, 4.69) is 0 Å². The van der Waals surface area contributed by atoms with E-state index in [4.69, 9.17) is 14.2 Å². The summed E-state index contributed by atoms with van der Waals surface area (Å²) in [4.78, 5) is 24.0. The maximum atomic E-state index is 12.0. The third kappa shape index (κ3) is 5.82. The Bertz CT molecular complexity index is 1010. The highest BCUT2D eigenvalue weighted by Gasteiger charge is 2.12. The molecule has 0 unspecified atom stereocenters. The summed E-state index contributed by atoms with van der Waals surface area (Å²) in [6.07, 6.45) is 0.652. The van der Waals surface area contributed by atoms with E-state index < -0.39 is 5.97 Å². The van der Waals surface area contributed by atoms with Crippen LogP contribution >= 0.6 is 0 Å². The number of benzene rings is 3. The fraction of sp³-hybridized carbons (Fsp3) is 0.250. The zero-order valence-electron chi connectivity index (χ0n) is 16.6. The molecule has 0 amide bonds. The second-order valence-electron chi connectivity index (χ2n) is 6.82. The lowest BCUT2D eigenvalue weighted by Gasteiger charge is -2.10. The van der Waals surface area contributed by atoms with Crippen molar-refractivity contribution in [2.75, 3.05) is 7.11 Å². The monoisotopic (exact) mass is 392 g/mol. The molecule has 0 aliphatic carbocycles. The maximum absolute atomic E-state index is 12.0. The number of methoxy groups -OCH3 is 1. The van der Waals surface area contributed by atoms with E-state index >= 15 is 0 Å². The Morgan fingerprint density at radius 1 is 0.828 bits per heavy atom. The van der Waals surface area contributed by atoms with Gasteiger partial charge in [0.1, 0.15) is 6.61 Å². The van der Waals surface area contributed by atoms with Crippen molar-refractivity contribution in [1.29, 1.82) is 0 Å². The van der Waals surface area contributed by atoms with Gasteiger partial charge in [-0.05, 0) is 53.4 Å². The van der Waals surface area contributed by atoms with Crippen molar-refractivity contribution in [3.05, 3.63) is 71.8 Å². The van der Waals surface area contributed by atoms with Crippen LogP contribution in [0.15, 0.2) is 60.7 Å². The van der Waals surface area contributed by atoms with Crippen LogP contribution in [-0.2, 0) is 20.9 Å². The molecule has 0 saturated heterocycles. The molecule has 5 nitrogen and oxygen atoms in total. The van der Waals surface area contributed by atoms with E-state index in [1.54, 1.807) is 12.1 Å². The Morgan fingerprint density at radius 2 is 1.59 bits per heavy atom. The predicted molar refractivity (Wildman–Crippen MR) is 111 cm³/mol. The average molecular weight is 392 g/mol. The number of hydrogen-bond acceptors (Lipinski definition) is 5. The minimum atomic E-state index is -0.406. The molecule has 0 heterocycles. The minimum Gasteiger partial charge on any atom is -0.493 e. The SMILES string of the molecule is COc1ccc(C)cc1OC(=O)CCCC(=O)OCc1ccc2ccccc2c1. The summed E-state index contributed by atoms with van der Waals surface area (Å²) in [5.74, 6) is 0.144. The van der Waals surface area contributed by atoms with Gasteiger partial charge in [-0.15, -0.1) is 0 Å². The van der Waals surface area contributed by atoms with Crippen LogP contribution in [0.4, 0.5) is 0 Å². The number of hydrogen-bond donors (Lipinski definition) is 0. The third-order valence-electron chi connectivity index (χ3n) is 4.52. The van der Waals surface area contributed by atoms with Gasteiger partial charge in [-0.1, -0.05) is 42.5 Å². The Balaban J connectivity index is 1.42. The fourth-order valence-electron chi connectivity index (χ4n) is 2.98. The van der Waals surface area contributed by atoms with E-state index in [1.165, 1.54) is 7.11 Å². The van der Waals surface area contributed by atoms with Gasteiger partial charge in [0.15, 0.2) is 11.5 Å². The topological polar surface area (TPSA) is 61.8 Å². The van der Waals surface area contributed by atoms with Crippen LogP contribution in [0.5, 0.6) is 11.5 Å². The summed E-state index contributed by atoms with van der Waals surface area (Å²) < 4.78 is 15.9. The summed E-state index contributed by atoms with van der Waals surface area (Å²) in [5, 5.41) is 2.25. The van der Waals surface area contributed by atoms with Gasteiger partial charge >= 0.3 is 11.9 Å². The normalized spacial score (nSPS) is 10.6. The fourth-order valence-corrected chi connectivity index (χ4v) is 2.98. The molecule has 3 rings (SSSR count). The molecule has 5 heteroatoms. The highest BCUT2D eigenvalue weighted by atomic mass is 16.6. The molecule has 3 aromatic carbocycles. The Hall–Kier alpha value is -3.34. The molecule has 0 aliphatic heterocycles. The van der Waals surface area contributed by atoms with Gasteiger partial charge in [-0.2, -0.15) is 0 Å². The molecule has 0 saturated carbocycles. The average Bonchev–Trinajstić information content (AvgIpc) is 2.72. The summed E-state index contributed by atoms with van der Waals surface area (Å²) >= 11 is 0. The van der Waals surface area contributed by atoms with Gasteiger partial charge in [0.2, 0.25) is 0 Å². The Kier molecular flexibility index (Phi) is 6.85. The first kappa shape index (κ1) is 20.4. The quantitative estimate of drug-likeness (QED) is 0.400.